The summed E-state index contributed by atoms with van der Waals surface area (Å²) in [5.41, 5.74) is 2.01. The normalized spacial score (nSPS) is 10.8. The summed E-state index contributed by atoms with van der Waals surface area (Å²) in [6.45, 7) is 0. The minimum atomic E-state index is -0.221. The largest absolute Gasteiger partial charge is 0.497 e. The Morgan fingerprint density at radius 1 is 1.21 bits per heavy atom. The predicted octanol–water partition coefficient (Wildman–Crippen LogP) is 3.07. The lowest BCUT2D eigenvalue weighted by molar-refractivity contribution is 0.414. The van der Waals surface area contributed by atoms with E-state index in [1.165, 1.54) is 12.1 Å². The molecule has 0 saturated heterocycles. The second-order valence-corrected chi connectivity index (χ2v) is 4.34. The molecule has 0 fully saturated rings. The lowest BCUT2D eigenvalue weighted by Crippen LogP contribution is -1.96. The number of nitrogens with zero attached hydrogens (tertiary/aromatic N) is 2. The molecule has 0 amide bonds. The molecule has 0 aliphatic rings. The van der Waals surface area contributed by atoms with Crippen LogP contribution >= 0.6 is 0 Å². The molecule has 3 rings (SSSR count). The van der Waals surface area contributed by atoms with Gasteiger partial charge in [0.25, 0.3) is 0 Å². The van der Waals surface area contributed by atoms with Gasteiger partial charge in [-0.3, -0.25) is 0 Å². The topological polar surface area (TPSA) is 26.5 Å². The van der Waals surface area contributed by atoms with Crippen LogP contribution in [0.3, 0.4) is 0 Å². The summed E-state index contributed by atoms with van der Waals surface area (Å²) >= 11 is 0. The first-order valence-electron chi connectivity index (χ1n) is 6.01. The van der Waals surface area contributed by atoms with Crippen molar-refractivity contribution < 1.29 is 9.13 Å². The number of rotatable bonds is 3. The van der Waals surface area contributed by atoms with Crippen LogP contribution in [0.25, 0.3) is 5.52 Å². The van der Waals surface area contributed by atoms with Crippen molar-refractivity contribution in [2.45, 2.75) is 6.42 Å². The highest BCUT2D eigenvalue weighted by atomic mass is 19.1. The van der Waals surface area contributed by atoms with Gasteiger partial charge in [0.15, 0.2) is 0 Å². The molecule has 2 heterocycles. The Morgan fingerprint density at radius 2 is 2.00 bits per heavy atom. The molecule has 0 spiro atoms. The minimum Gasteiger partial charge on any atom is -0.497 e. The minimum absolute atomic E-state index is 0.221. The Bertz CT molecular complexity index is 704. The van der Waals surface area contributed by atoms with Gasteiger partial charge in [-0.25, -0.2) is 9.37 Å². The van der Waals surface area contributed by atoms with Gasteiger partial charge in [-0.05, 0) is 23.8 Å². The Labute approximate surface area is 110 Å². The van der Waals surface area contributed by atoms with Gasteiger partial charge in [0, 0.05) is 18.7 Å². The maximum Gasteiger partial charge on any atom is 0.123 e. The fourth-order valence-electron chi connectivity index (χ4n) is 2.08. The Hall–Kier alpha value is -2.36. The molecule has 4 heteroatoms. The van der Waals surface area contributed by atoms with E-state index in [1.807, 2.05) is 22.7 Å². The van der Waals surface area contributed by atoms with Crippen molar-refractivity contribution in [3.05, 3.63) is 66.0 Å². The second kappa shape index (κ2) is 4.72. The summed E-state index contributed by atoms with van der Waals surface area (Å²) in [6.07, 6.45) is 4.40. The number of methoxy groups -OCH3 is 1. The zero-order valence-electron chi connectivity index (χ0n) is 10.5. The smallest absolute Gasteiger partial charge is 0.123 e. The molecule has 2 aromatic heterocycles. The van der Waals surface area contributed by atoms with Gasteiger partial charge in [0.2, 0.25) is 0 Å². The number of imidazole rings is 1. The van der Waals surface area contributed by atoms with Crippen molar-refractivity contribution in [3.63, 3.8) is 0 Å². The molecule has 0 radical (unpaired) electrons. The van der Waals surface area contributed by atoms with Crippen molar-refractivity contribution in [3.8, 4) is 5.75 Å². The molecule has 0 saturated carbocycles. The number of aromatic nitrogens is 2. The Balaban J connectivity index is 1.95. The van der Waals surface area contributed by atoms with Gasteiger partial charge >= 0.3 is 0 Å². The number of halogens is 1. The summed E-state index contributed by atoms with van der Waals surface area (Å²) in [6, 6.07) is 10.3. The number of hydrogen-bond donors (Lipinski definition) is 0. The molecule has 96 valence electrons. The molecule has 19 heavy (non-hydrogen) atoms. The summed E-state index contributed by atoms with van der Waals surface area (Å²) in [5.74, 6) is 1.51. The predicted molar refractivity (Wildman–Crippen MR) is 71.0 cm³/mol. The maximum absolute atomic E-state index is 12.9. The van der Waals surface area contributed by atoms with E-state index in [9.17, 15) is 4.39 Å². The van der Waals surface area contributed by atoms with E-state index in [1.54, 1.807) is 25.4 Å². The van der Waals surface area contributed by atoms with Crippen molar-refractivity contribution in [1.82, 2.24) is 9.38 Å². The van der Waals surface area contributed by atoms with E-state index in [0.717, 1.165) is 22.7 Å². The van der Waals surface area contributed by atoms with E-state index in [4.69, 9.17) is 4.74 Å². The number of pyridine rings is 1. The third-order valence-corrected chi connectivity index (χ3v) is 3.09. The molecule has 3 nitrogen and oxygen atoms in total. The standard InChI is InChI=1S/C15H13FN2O/c1-19-14-6-7-18-13(9-14)10-17-15(18)8-11-2-4-12(16)5-3-11/h2-7,9-10H,8H2,1H3. The SMILES string of the molecule is COc1ccn2c(Cc3ccc(F)cc3)ncc2c1. The zero-order valence-corrected chi connectivity index (χ0v) is 10.5. The molecule has 3 aromatic rings. The quantitative estimate of drug-likeness (QED) is 0.720. The Kier molecular flexibility index (Phi) is 2.91. The molecular formula is C15H13FN2O. The number of benzene rings is 1. The van der Waals surface area contributed by atoms with E-state index < -0.39 is 0 Å². The van der Waals surface area contributed by atoms with Crippen molar-refractivity contribution in [1.29, 1.82) is 0 Å². The van der Waals surface area contributed by atoms with Crippen LogP contribution < -0.4 is 4.74 Å². The number of fused-ring (bicyclic) bond motifs is 1. The van der Waals surface area contributed by atoms with E-state index in [-0.39, 0.29) is 5.82 Å². The summed E-state index contributed by atoms with van der Waals surface area (Å²) in [4.78, 5) is 4.40. The molecule has 0 atom stereocenters. The lowest BCUT2D eigenvalue weighted by atomic mass is 10.1. The fraction of sp³-hybridized carbons (Fsp3) is 0.133. The summed E-state index contributed by atoms with van der Waals surface area (Å²) in [7, 11) is 1.64. The van der Waals surface area contributed by atoms with Crippen LogP contribution in [0.2, 0.25) is 0 Å². The molecule has 1 aromatic carbocycles. The van der Waals surface area contributed by atoms with Crippen LogP contribution in [-0.4, -0.2) is 16.5 Å². The molecule has 0 bridgehead atoms. The molecular weight excluding hydrogens is 243 g/mol. The average Bonchev–Trinajstić information content (AvgIpc) is 2.83. The van der Waals surface area contributed by atoms with Crippen LogP contribution in [-0.2, 0) is 6.42 Å². The highest BCUT2D eigenvalue weighted by molar-refractivity contribution is 5.50. The van der Waals surface area contributed by atoms with Crippen LogP contribution in [0.4, 0.5) is 4.39 Å². The third-order valence-electron chi connectivity index (χ3n) is 3.09. The highest BCUT2D eigenvalue weighted by Gasteiger charge is 2.05. The van der Waals surface area contributed by atoms with Gasteiger partial charge in [0.05, 0.1) is 18.8 Å². The lowest BCUT2D eigenvalue weighted by Gasteiger charge is -2.04. The summed E-state index contributed by atoms with van der Waals surface area (Å²) < 4.78 is 20.1. The highest BCUT2D eigenvalue weighted by Crippen LogP contribution is 2.17. The van der Waals surface area contributed by atoms with Crippen molar-refractivity contribution in [2.24, 2.45) is 0 Å². The van der Waals surface area contributed by atoms with E-state index >= 15 is 0 Å². The number of hydrogen-bond acceptors (Lipinski definition) is 2. The molecule has 0 aliphatic carbocycles. The first-order valence-corrected chi connectivity index (χ1v) is 6.01. The van der Waals surface area contributed by atoms with Crippen molar-refractivity contribution >= 4 is 5.52 Å². The van der Waals surface area contributed by atoms with Crippen LogP contribution in [0.5, 0.6) is 5.75 Å². The van der Waals surface area contributed by atoms with Gasteiger partial charge < -0.3 is 9.14 Å². The van der Waals surface area contributed by atoms with E-state index in [0.29, 0.717) is 6.42 Å². The average molecular weight is 256 g/mol. The van der Waals surface area contributed by atoms with Gasteiger partial charge in [-0.1, -0.05) is 12.1 Å². The van der Waals surface area contributed by atoms with Gasteiger partial charge in [-0.2, -0.15) is 0 Å². The van der Waals surface area contributed by atoms with Crippen LogP contribution in [0.1, 0.15) is 11.4 Å². The maximum atomic E-state index is 12.9. The first-order chi connectivity index (χ1) is 9.26. The van der Waals surface area contributed by atoms with E-state index in [2.05, 4.69) is 4.98 Å². The summed E-state index contributed by atoms with van der Waals surface area (Å²) in [5, 5.41) is 0. The molecule has 0 N–H and O–H groups in total. The first kappa shape index (κ1) is 11.7. The Morgan fingerprint density at radius 3 is 2.74 bits per heavy atom. The van der Waals surface area contributed by atoms with Crippen LogP contribution in [0, 0.1) is 5.82 Å². The monoisotopic (exact) mass is 256 g/mol. The third kappa shape index (κ3) is 2.29. The van der Waals surface area contributed by atoms with Crippen molar-refractivity contribution in [2.75, 3.05) is 7.11 Å². The molecule has 0 unspecified atom stereocenters. The van der Waals surface area contributed by atoms with Gasteiger partial charge in [0.1, 0.15) is 17.4 Å². The van der Waals surface area contributed by atoms with Gasteiger partial charge in [-0.15, -0.1) is 0 Å². The fourth-order valence-corrected chi connectivity index (χ4v) is 2.08. The van der Waals surface area contributed by atoms with Crippen LogP contribution in [0.15, 0.2) is 48.8 Å². The second-order valence-electron chi connectivity index (χ2n) is 4.34. The molecule has 0 aliphatic heterocycles. The number of ether oxygens (including phenoxy) is 1. The zero-order chi connectivity index (χ0) is 13.2.